The highest BCUT2D eigenvalue weighted by molar-refractivity contribution is 6.01. The van der Waals surface area contributed by atoms with Crippen molar-refractivity contribution in [1.82, 2.24) is 4.98 Å². The van der Waals surface area contributed by atoms with Gasteiger partial charge in [0.2, 0.25) is 5.82 Å². The average molecular weight is 345 g/mol. The average Bonchev–Trinajstić information content (AvgIpc) is 2.61. The zero-order chi connectivity index (χ0) is 18.1. The molecule has 1 amide bonds. The van der Waals surface area contributed by atoms with E-state index in [1.807, 2.05) is 0 Å². The van der Waals surface area contributed by atoms with Crippen molar-refractivity contribution in [2.75, 3.05) is 12.8 Å². The van der Waals surface area contributed by atoms with Gasteiger partial charge in [0.15, 0.2) is 11.6 Å². The van der Waals surface area contributed by atoms with E-state index in [2.05, 4.69) is 4.98 Å². The Hall–Kier alpha value is -3.42. The monoisotopic (exact) mass is 345 g/mol. The SMILES string of the molecule is COc1cc2nccc(Oc3ccc(N)c(F)c3F)c2cc1C(N)=O. The number of amides is 1. The first kappa shape index (κ1) is 16.4. The third-order valence-electron chi connectivity index (χ3n) is 3.58. The molecule has 3 rings (SSSR count). The lowest BCUT2D eigenvalue weighted by atomic mass is 10.1. The van der Waals surface area contributed by atoms with Gasteiger partial charge >= 0.3 is 0 Å². The van der Waals surface area contributed by atoms with Gasteiger partial charge in [0, 0.05) is 17.6 Å². The summed E-state index contributed by atoms with van der Waals surface area (Å²) in [5.41, 5.74) is 10.9. The van der Waals surface area contributed by atoms with Crippen LogP contribution in [0.5, 0.6) is 17.2 Å². The highest BCUT2D eigenvalue weighted by atomic mass is 19.2. The van der Waals surface area contributed by atoms with Gasteiger partial charge in [0.05, 0.1) is 23.9 Å². The molecular weight excluding hydrogens is 332 g/mol. The summed E-state index contributed by atoms with van der Waals surface area (Å²) >= 11 is 0. The molecule has 128 valence electrons. The predicted octanol–water partition coefficient (Wildman–Crippen LogP) is 3.00. The molecule has 8 heteroatoms. The van der Waals surface area contributed by atoms with Gasteiger partial charge in [-0.15, -0.1) is 0 Å². The normalized spacial score (nSPS) is 10.7. The fraction of sp³-hybridized carbons (Fsp3) is 0.0588. The number of rotatable bonds is 4. The van der Waals surface area contributed by atoms with Gasteiger partial charge in [-0.25, -0.2) is 4.39 Å². The maximum absolute atomic E-state index is 14.0. The van der Waals surface area contributed by atoms with Crippen LogP contribution < -0.4 is 20.9 Å². The van der Waals surface area contributed by atoms with Crippen molar-refractivity contribution in [3.8, 4) is 17.2 Å². The second kappa shape index (κ2) is 6.23. The van der Waals surface area contributed by atoms with Crippen LogP contribution in [0.4, 0.5) is 14.5 Å². The quantitative estimate of drug-likeness (QED) is 0.708. The summed E-state index contributed by atoms with van der Waals surface area (Å²) in [7, 11) is 1.39. The summed E-state index contributed by atoms with van der Waals surface area (Å²) in [4.78, 5) is 15.7. The standard InChI is InChI=1S/C17H13F2N3O3/c1-24-14-7-11-8(6-9(14)17(21)23)12(4-5-22-11)25-13-3-2-10(20)15(18)16(13)19/h2-7H,20H2,1H3,(H2,21,23). The third kappa shape index (κ3) is 2.89. The summed E-state index contributed by atoms with van der Waals surface area (Å²) in [6, 6.07) is 6.77. The lowest BCUT2D eigenvalue weighted by Gasteiger charge is -2.12. The van der Waals surface area contributed by atoms with Crippen LogP contribution in [0, 0.1) is 11.6 Å². The maximum atomic E-state index is 14.0. The minimum Gasteiger partial charge on any atom is -0.496 e. The number of carbonyl (C=O) groups is 1. The van der Waals surface area contributed by atoms with Crippen molar-refractivity contribution in [2.45, 2.75) is 0 Å². The van der Waals surface area contributed by atoms with Crippen LogP contribution in [0.25, 0.3) is 10.9 Å². The first-order chi connectivity index (χ1) is 11.9. The van der Waals surface area contributed by atoms with Crippen LogP contribution in [0.15, 0.2) is 36.5 Å². The van der Waals surface area contributed by atoms with E-state index in [1.54, 1.807) is 0 Å². The van der Waals surface area contributed by atoms with E-state index in [4.69, 9.17) is 20.9 Å². The Morgan fingerprint density at radius 3 is 2.52 bits per heavy atom. The van der Waals surface area contributed by atoms with E-state index in [0.29, 0.717) is 10.9 Å². The number of aromatic nitrogens is 1. The number of hydrogen-bond donors (Lipinski definition) is 2. The van der Waals surface area contributed by atoms with E-state index in [9.17, 15) is 13.6 Å². The number of hydrogen-bond acceptors (Lipinski definition) is 5. The van der Waals surface area contributed by atoms with Crippen molar-refractivity contribution in [2.24, 2.45) is 5.73 Å². The zero-order valence-electron chi connectivity index (χ0n) is 13.0. The van der Waals surface area contributed by atoms with E-state index in [-0.39, 0.29) is 28.5 Å². The van der Waals surface area contributed by atoms with Crippen LogP contribution in [0.3, 0.4) is 0 Å². The van der Waals surface area contributed by atoms with Gasteiger partial charge in [-0.1, -0.05) is 0 Å². The fourth-order valence-electron chi connectivity index (χ4n) is 2.34. The number of nitrogen functional groups attached to an aromatic ring is 1. The van der Waals surface area contributed by atoms with Crippen molar-refractivity contribution < 1.29 is 23.0 Å². The van der Waals surface area contributed by atoms with Crippen molar-refractivity contribution in [1.29, 1.82) is 0 Å². The molecule has 0 fully saturated rings. The Labute approximate surface area is 141 Å². The first-order valence-electron chi connectivity index (χ1n) is 7.10. The second-order valence-electron chi connectivity index (χ2n) is 5.13. The Morgan fingerprint density at radius 2 is 1.84 bits per heavy atom. The van der Waals surface area contributed by atoms with E-state index < -0.39 is 17.5 Å². The van der Waals surface area contributed by atoms with Crippen LogP contribution >= 0.6 is 0 Å². The number of ether oxygens (including phenoxy) is 2. The molecule has 0 aliphatic rings. The zero-order valence-corrected chi connectivity index (χ0v) is 13.0. The molecular formula is C17H13F2N3O3. The van der Waals surface area contributed by atoms with E-state index in [0.717, 1.165) is 0 Å². The number of fused-ring (bicyclic) bond motifs is 1. The molecule has 0 spiro atoms. The Balaban J connectivity index is 2.15. The number of halogens is 2. The molecule has 4 N–H and O–H groups in total. The molecule has 1 aromatic heterocycles. The Morgan fingerprint density at radius 1 is 1.08 bits per heavy atom. The molecule has 0 saturated carbocycles. The topological polar surface area (TPSA) is 100 Å². The van der Waals surface area contributed by atoms with Gasteiger partial charge in [-0.05, 0) is 24.3 Å². The van der Waals surface area contributed by atoms with Crippen molar-refractivity contribution in [3.63, 3.8) is 0 Å². The summed E-state index contributed by atoms with van der Waals surface area (Å²) in [6.45, 7) is 0. The van der Waals surface area contributed by atoms with Crippen LogP contribution in [-0.4, -0.2) is 18.0 Å². The van der Waals surface area contributed by atoms with E-state index in [1.165, 1.54) is 43.6 Å². The number of anilines is 1. The Kier molecular flexibility index (Phi) is 4.10. The Bertz CT molecular complexity index is 993. The largest absolute Gasteiger partial charge is 0.496 e. The molecule has 0 atom stereocenters. The number of pyridine rings is 1. The summed E-state index contributed by atoms with van der Waals surface area (Å²) in [5, 5.41) is 0.383. The van der Waals surface area contributed by atoms with E-state index >= 15 is 0 Å². The summed E-state index contributed by atoms with van der Waals surface area (Å²) in [6.07, 6.45) is 1.42. The van der Waals surface area contributed by atoms with Crippen molar-refractivity contribution >= 4 is 22.5 Å². The molecule has 25 heavy (non-hydrogen) atoms. The van der Waals surface area contributed by atoms with Gasteiger partial charge in [0.1, 0.15) is 11.5 Å². The molecule has 3 aromatic rings. The van der Waals surface area contributed by atoms with Gasteiger partial charge in [-0.2, -0.15) is 4.39 Å². The van der Waals surface area contributed by atoms with Gasteiger partial charge < -0.3 is 20.9 Å². The van der Waals surface area contributed by atoms with Gasteiger partial charge in [-0.3, -0.25) is 9.78 Å². The van der Waals surface area contributed by atoms with Gasteiger partial charge in [0.25, 0.3) is 5.91 Å². The third-order valence-corrected chi connectivity index (χ3v) is 3.58. The molecule has 0 aliphatic carbocycles. The smallest absolute Gasteiger partial charge is 0.252 e. The fourth-order valence-corrected chi connectivity index (χ4v) is 2.34. The summed E-state index contributed by atoms with van der Waals surface area (Å²) in [5.74, 6) is -3.06. The first-order valence-corrected chi connectivity index (χ1v) is 7.10. The van der Waals surface area contributed by atoms with Crippen LogP contribution in [0.1, 0.15) is 10.4 Å². The molecule has 0 aliphatic heterocycles. The highest BCUT2D eigenvalue weighted by Gasteiger charge is 2.17. The summed E-state index contributed by atoms with van der Waals surface area (Å²) < 4.78 is 38.2. The molecule has 6 nitrogen and oxygen atoms in total. The molecule has 0 bridgehead atoms. The molecule has 1 heterocycles. The maximum Gasteiger partial charge on any atom is 0.252 e. The van der Waals surface area contributed by atoms with Crippen molar-refractivity contribution in [3.05, 3.63) is 53.7 Å². The second-order valence-corrected chi connectivity index (χ2v) is 5.13. The molecule has 0 saturated heterocycles. The lowest BCUT2D eigenvalue weighted by molar-refractivity contribution is 0.0997. The van der Waals surface area contributed by atoms with Crippen LogP contribution in [-0.2, 0) is 0 Å². The number of carbonyl (C=O) groups excluding carboxylic acids is 1. The number of benzene rings is 2. The lowest BCUT2D eigenvalue weighted by Crippen LogP contribution is -2.12. The highest BCUT2D eigenvalue weighted by Crippen LogP contribution is 2.35. The van der Waals surface area contributed by atoms with Crippen LogP contribution in [0.2, 0.25) is 0 Å². The molecule has 2 aromatic carbocycles. The minimum absolute atomic E-state index is 0.108. The minimum atomic E-state index is -1.21. The number of nitrogens with zero attached hydrogens (tertiary/aromatic N) is 1. The molecule has 0 unspecified atom stereocenters. The molecule has 0 radical (unpaired) electrons. The predicted molar refractivity (Wildman–Crippen MR) is 87.7 cm³/mol. The number of methoxy groups -OCH3 is 1. The number of primary amides is 1. The number of nitrogens with two attached hydrogens (primary N) is 2.